The Morgan fingerprint density at radius 3 is 2.34 bits per heavy atom. The van der Waals surface area contributed by atoms with E-state index >= 15 is 0 Å². The summed E-state index contributed by atoms with van der Waals surface area (Å²) in [6, 6.07) is 8.81. The number of amides is 1. The Kier molecular flexibility index (Phi) is 7.30. The summed E-state index contributed by atoms with van der Waals surface area (Å²) in [5.74, 6) is 2.13. The smallest absolute Gasteiger partial charge is 0.236 e. The van der Waals surface area contributed by atoms with Gasteiger partial charge in [-0.1, -0.05) is 48.2 Å². The molecule has 1 aromatic carbocycles. The highest BCUT2D eigenvalue weighted by Gasteiger charge is 2.38. The predicted molar refractivity (Wildman–Crippen MR) is 120 cm³/mol. The first-order valence-corrected chi connectivity index (χ1v) is 11.2. The molecule has 2 aromatic rings. The number of carbonyl (C=O) groups is 1. The molecule has 0 radical (unpaired) electrons. The number of carbonyl (C=O) groups excluding carboxylic acids is 1. The van der Waals surface area contributed by atoms with E-state index in [1.54, 1.807) is 0 Å². The van der Waals surface area contributed by atoms with Crippen LogP contribution in [-0.4, -0.2) is 58.0 Å². The molecule has 5 nitrogen and oxygen atoms in total. The van der Waals surface area contributed by atoms with E-state index in [4.69, 9.17) is 0 Å². The maximum Gasteiger partial charge on any atom is 0.236 e. The largest absolute Gasteiger partial charge is 0.341 e. The molecule has 3 heterocycles. The van der Waals surface area contributed by atoms with Crippen molar-refractivity contribution in [3.8, 4) is 0 Å². The fourth-order valence-corrected chi connectivity index (χ4v) is 5.48. The fourth-order valence-electron chi connectivity index (χ4n) is 4.96. The molecule has 1 aromatic heterocycles. The van der Waals surface area contributed by atoms with Crippen molar-refractivity contribution < 1.29 is 4.79 Å². The van der Waals surface area contributed by atoms with Gasteiger partial charge in [0.2, 0.25) is 5.91 Å². The molecule has 2 saturated heterocycles. The van der Waals surface area contributed by atoms with Gasteiger partial charge in [-0.25, -0.2) is 0 Å². The van der Waals surface area contributed by atoms with Crippen LogP contribution >= 0.6 is 23.9 Å². The molecule has 0 bridgehead atoms. The molecular weight excluding hydrogens is 404 g/mol. The third kappa shape index (κ3) is 5.16. The van der Waals surface area contributed by atoms with E-state index in [1.807, 2.05) is 0 Å². The summed E-state index contributed by atoms with van der Waals surface area (Å²) in [4.78, 5) is 17.4. The van der Waals surface area contributed by atoms with Crippen LogP contribution in [0.3, 0.4) is 0 Å². The van der Waals surface area contributed by atoms with E-state index < -0.39 is 0 Å². The van der Waals surface area contributed by atoms with E-state index in [9.17, 15) is 4.79 Å². The molecule has 0 N–H and O–H groups in total. The highest BCUT2D eigenvalue weighted by molar-refractivity contribution is 7.03. The number of aryl methyl sites for hydroxylation is 1. The fraction of sp³-hybridized carbons (Fsp3) is 0.591. The molecule has 2 unspecified atom stereocenters. The number of piperidine rings is 1. The van der Waals surface area contributed by atoms with Gasteiger partial charge in [-0.05, 0) is 42.3 Å². The maximum absolute atomic E-state index is 13.0. The van der Waals surface area contributed by atoms with Gasteiger partial charge in [-0.15, -0.1) is 17.5 Å². The van der Waals surface area contributed by atoms with Crippen molar-refractivity contribution in [1.29, 1.82) is 0 Å². The number of nitrogens with zero attached hydrogens (tertiary/aromatic N) is 4. The number of hydrogen-bond acceptors (Lipinski definition) is 5. The highest BCUT2D eigenvalue weighted by atomic mass is 35.5. The molecule has 0 spiro atoms. The van der Waals surface area contributed by atoms with Crippen LogP contribution in [0.5, 0.6) is 0 Å². The zero-order chi connectivity index (χ0) is 19.7. The first kappa shape index (κ1) is 22.2. The minimum absolute atomic E-state index is 0. The number of aromatic nitrogens is 2. The van der Waals surface area contributed by atoms with Crippen molar-refractivity contribution in [2.24, 2.45) is 11.8 Å². The summed E-state index contributed by atoms with van der Waals surface area (Å²) in [5, 5.41) is 6.42. The minimum Gasteiger partial charge on any atom is -0.341 e. The van der Waals surface area contributed by atoms with Gasteiger partial charge in [-0.2, -0.15) is 0 Å². The first-order chi connectivity index (χ1) is 13.5. The molecule has 158 valence electrons. The third-order valence-electron chi connectivity index (χ3n) is 6.24. The van der Waals surface area contributed by atoms with Gasteiger partial charge in [0.25, 0.3) is 0 Å². The first-order valence-electron chi connectivity index (χ1n) is 10.3. The zero-order valence-corrected chi connectivity index (χ0v) is 19.1. The molecule has 4 atom stereocenters. The van der Waals surface area contributed by atoms with Crippen LogP contribution in [0.25, 0.3) is 0 Å². The average molecular weight is 435 g/mol. The Hall–Kier alpha value is -1.50. The highest BCUT2D eigenvalue weighted by Crippen LogP contribution is 2.39. The quantitative estimate of drug-likeness (QED) is 0.730. The van der Waals surface area contributed by atoms with Crippen LogP contribution in [0.1, 0.15) is 48.9 Å². The van der Waals surface area contributed by atoms with Crippen LogP contribution < -0.4 is 0 Å². The SMILES string of the molecule is Cc1ccc([C@@H]2CN(CC(=O)N3CC(C)CC(C)C3)C[C@H]2c2csnn2)cc1.Cl. The van der Waals surface area contributed by atoms with Gasteiger partial charge in [-0.3, -0.25) is 9.69 Å². The second kappa shape index (κ2) is 9.54. The summed E-state index contributed by atoms with van der Waals surface area (Å²) < 4.78 is 4.08. The molecule has 0 aliphatic carbocycles. The molecule has 2 aliphatic heterocycles. The second-order valence-electron chi connectivity index (χ2n) is 8.89. The Balaban J connectivity index is 0.00000240. The average Bonchev–Trinajstić information content (AvgIpc) is 3.31. The maximum atomic E-state index is 13.0. The van der Waals surface area contributed by atoms with Gasteiger partial charge in [0.15, 0.2) is 0 Å². The molecule has 2 fully saturated rings. The van der Waals surface area contributed by atoms with Crippen molar-refractivity contribution in [3.63, 3.8) is 0 Å². The number of hydrogen-bond donors (Lipinski definition) is 0. The molecule has 29 heavy (non-hydrogen) atoms. The summed E-state index contributed by atoms with van der Waals surface area (Å²) >= 11 is 1.41. The van der Waals surface area contributed by atoms with E-state index in [0.717, 1.165) is 31.9 Å². The van der Waals surface area contributed by atoms with Gasteiger partial charge in [0, 0.05) is 43.4 Å². The predicted octanol–water partition coefficient (Wildman–Crippen LogP) is 3.96. The van der Waals surface area contributed by atoms with Gasteiger partial charge >= 0.3 is 0 Å². The Labute approximate surface area is 184 Å². The molecule has 1 amide bonds. The van der Waals surface area contributed by atoms with E-state index in [0.29, 0.717) is 30.2 Å². The van der Waals surface area contributed by atoms with Crippen molar-refractivity contribution in [1.82, 2.24) is 19.4 Å². The van der Waals surface area contributed by atoms with Gasteiger partial charge < -0.3 is 4.90 Å². The standard InChI is InChI=1S/C22H30N4OS.ClH/c1-15-4-6-18(7-5-15)19-11-25(12-20(19)21-14-28-24-23-21)13-22(27)26-9-16(2)8-17(3)10-26;/h4-7,14,16-17,19-20H,8-13H2,1-3H3;1H/t16?,17?,19-,20+;/m0./s1. The van der Waals surface area contributed by atoms with Crippen LogP contribution in [0.4, 0.5) is 0 Å². The third-order valence-corrected chi connectivity index (χ3v) is 6.76. The van der Waals surface area contributed by atoms with Crippen LogP contribution in [-0.2, 0) is 4.79 Å². The molecule has 4 rings (SSSR count). The lowest BCUT2D eigenvalue weighted by Crippen LogP contribution is -2.46. The lowest BCUT2D eigenvalue weighted by Gasteiger charge is -2.35. The summed E-state index contributed by atoms with van der Waals surface area (Å²) in [6.07, 6.45) is 1.22. The minimum atomic E-state index is 0. The van der Waals surface area contributed by atoms with E-state index in [2.05, 4.69) is 69.8 Å². The normalized spacial score (nSPS) is 27.6. The topological polar surface area (TPSA) is 49.3 Å². The van der Waals surface area contributed by atoms with Crippen molar-refractivity contribution in [2.45, 2.75) is 39.0 Å². The number of halogens is 1. The molecular formula is C22H31ClN4OS. The van der Waals surface area contributed by atoms with Crippen LogP contribution in [0.2, 0.25) is 0 Å². The zero-order valence-electron chi connectivity index (χ0n) is 17.5. The lowest BCUT2D eigenvalue weighted by molar-refractivity contribution is -0.134. The van der Waals surface area contributed by atoms with Crippen molar-refractivity contribution in [2.75, 3.05) is 32.7 Å². The van der Waals surface area contributed by atoms with E-state index in [-0.39, 0.29) is 18.3 Å². The summed E-state index contributed by atoms with van der Waals surface area (Å²) in [6.45, 7) is 10.7. The Bertz CT molecular complexity index is 788. The number of rotatable bonds is 4. The van der Waals surface area contributed by atoms with Crippen LogP contribution in [0, 0.1) is 18.8 Å². The Morgan fingerprint density at radius 2 is 1.72 bits per heavy atom. The van der Waals surface area contributed by atoms with Gasteiger partial charge in [0.05, 0.1) is 12.2 Å². The Morgan fingerprint density at radius 1 is 1.07 bits per heavy atom. The van der Waals surface area contributed by atoms with Crippen molar-refractivity contribution in [3.05, 3.63) is 46.5 Å². The number of likely N-dealkylation sites (tertiary alicyclic amines) is 2. The molecule has 7 heteroatoms. The molecule has 2 aliphatic rings. The van der Waals surface area contributed by atoms with Gasteiger partial charge in [0.1, 0.15) is 0 Å². The number of benzene rings is 1. The summed E-state index contributed by atoms with van der Waals surface area (Å²) in [5.41, 5.74) is 3.67. The van der Waals surface area contributed by atoms with E-state index in [1.165, 1.54) is 29.1 Å². The lowest BCUT2D eigenvalue weighted by atomic mass is 9.87. The summed E-state index contributed by atoms with van der Waals surface area (Å²) in [7, 11) is 0. The van der Waals surface area contributed by atoms with Crippen LogP contribution in [0.15, 0.2) is 29.6 Å². The monoisotopic (exact) mass is 434 g/mol. The van der Waals surface area contributed by atoms with Crippen molar-refractivity contribution >= 4 is 29.8 Å². The molecule has 0 saturated carbocycles. The second-order valence-corrected chi connectivity index (χ2v) is 9.50.